The Hall–Kier alpha value is -1.56. The van der Waals surface area contributed by atoms with Crippen molar-refractivity contribution in [2.45, 2.75) is 25.4 Å². The molecular formula is C13H12ClF3O3. The van der Waals surface area contributed by atoms with Crippen molar-refractivity contribution in [3.63, 3.8) is 0 Å². The standard InChI is InChI=1S/C13H12ClF3O3/c1-20-12(19)4-2-3-11(18)9-6-5-8(14)7-10(9)13(15,16)17/h5-7H,2-4H2,1H3. The van der Waals surface area contributed by atoms with Crippen LogP contribution in [0.5, 0.6) is 0 Å². The van der Waals surface area contributed by atoms with Crippen LogP contribution < -0.4 is 0 Å². The highest BCUT2D eigenvalue weighted by Gasteiger charge is 2.35. The Morgan fingerprint density at radius 1 is 1.25 bits per heavy atom. The number of ether oxygens (including phenoxy) is 1. The van der Waals surface area contributed by atoms with Crippen LogP contribution in [-0.2, 0) is 15.7 Å². The lowest BCUT2D eigenvalue weighted by Crippen LogP contribution is -2.13. The van der Waals surface area contributed by atoms with Gasteiger partial charge in [-0.1, -0.05) is 11.6 Å². The Morgan fingerprint density at radius 2 is 1.90 bits per heavy atom. The lowest BCUT2D eigenvalue weighted by Gasteiger charge is -2.12. The zero-order valence-electron chi connectivity index (χ0n) is 10.6. The Morgan fingerprint density at radius 3 is 2.45 bits per heavy atom. The van der Waals surface area contributed by atoms with Crippen LogP contribution in [-0.4, -0.2) is 18.9 Å². The Kier molecular flexibility index (Phi) is 5.56. The average molecular weight is 309 g/mol. The molecule has 110 valence electrons. The van der Waals surface area contributed by atoms with Crippen LogP contribution in [0.15, 0.2) is 18.2 Å². The average Bonchev–Trinajstić information content (AvgIpc) is 2.37. The summed E-state index contributed by atoms with van der Waals surface area (Å²) in [6, 6.07) is 2.99. The van der Waals surface area contributed by atoms with Crippen molar-refractivity contribution in [1.82, 2.24) is 0 Å². The molecule has 0 amide bonds. The number of carbonyl (C=O) groups is 2. The van der Waals surface area contributed by atoms with Gasteiger partial charge in [-0.3, -0.25) is 9.59 Å². The lowest BCUT2D eigenvalue weighted by atomic mass is 9.99. The molecule has 0 heterocycles. The fraction of sp³-hybridized carbons (Fsp3) is 0.385. The maximum Gasteiger partial charge on any atom is 0.417 e. The van der Waals surface area contributed by atoms with E-state index in [1.165, 1.54) is 13.2 Å². The molecule has 0 spiro atoms. The van der Waals surface area contributed by atoms with E-state index in [9.17, 15) is 22.8 Å². The van der Waals surface area contributed by atoms with Crippen LogP contribution in [0.2, 0.25) is 5.02 Å². The molecule has 0 aliphatic rings. The van der Waals surface area contributed by atoms with Crippen molar-refractivity contribution in [3.8, 4) is 0 Å². The van der Waals surface area contributed by atoms with Gasteiger partial charge in [0.25, 0.3) is 0 Å². The van der Waals surface area contributed by atoms with Crippen LogP contribution >= 0.6 is 11.6 Å². The zero-order valence-corrected chi connectivity index (χ0v) is 11.3. The number of carbonyl (C=O) groups excluding carboxylic acids is 2. The highest BCUT2D eigenvalue weighted by Crippen LogP contribution is 2.34. The van der Waals surface area contributed by atoms with Crippen molar-refractivity contribution in [1.29, 1.82) is 0 Å². The molecule has 0 aliphatic carbocycles. The smallest absolute Gasteiger partial charge is 0.417 e. The first kappa shape index (κ1) is 16.5. The predicted octanol–water partition coefficient (Wildman–Crippen LogP) is 3.88. The van der Waals surface area contributed by atoms with E-state index in [1.807, 2.05) is 0 Å². The molecule has 0 fully saturated rings. The third kappa shape index (κ3) is 4.52. The van der Waals surface area contributed by atoms with Crippen LogP contribution in [0.3, 0.4) is 0 Å². The summed E-state index contributed by atoms with van der Waals surface area (Å²) in [6.45, 7) is 0. The molecular weight excluding hydrogens is 297 g/mol. The first-order valence-corrected chi connectivity index (χ1v) is 6.10. The van der Waals surface area contributed by atoms with Gasteiger partial charge in [0, 0.05) is 23.4 Å². The molecule has 1 aromatic rings. The maximum absolute atomic E-state index is 12.8. The van der Waals surface area contributed by atoms with Gasteiger partial charge >= 0.3 is 12.1 Å². The number of methoxy groups -OCH3 is 1. The Bertz CT molecular complexity index is 512. The number of halogens is 4. The summed E-state index contributed by atoms with van der Waals surface area (Å²) in [6.07, 6.45) is -4.71. The molecule has 0 aromatic heterocycles. The maximum atomic E-state index is 12.8. The molecule has 0 atom stereocenters. The number of rotatable bonds is 5. The van der Waals surface area contributed by atoms with Gasteiger partial charge in [0.2, 0.25) is 0 Å². The summed E-state index contributed by atoms with van der Waals surface area (Å²) < 4.78 is 42.8. The van der Waals surface area contributed by atoms with Crippen molar-refractivity contribution in [2.75, 3.05) is 7.11 Å². The number of esters is 1. The molecule has 0 saturated heterocycles. The zero-order chi connectivity index (χ0) is 15.3. The molecule has 0 N–H and O–H groups in total. The molecule has 7 heteroatoms. The third-order valence-corrected chi connectivity index (χ3v) is 2.83. The Balaban J connectivity index is 2.85. The van der Waals surface area contributed by atoms with Gasteiger partial charge in [0.15, 0.2) is 5.78 Å². The second-order valence-corrected chi connectivity index (χ2v) is 4.48. The molecule has 0 radical (unpaired) electrons. The highest BCUT2D eigenvalue weighted by molar-refractivity contribution is 6.30. The van der Waals surface area contributed by atoms with Crippen LogP contribution in [0.25, 0.3) is 0 Å². The monoisotopic (exact) mass is 308 g/mol. The summed E-state index contributed by atoms with van der Waals surface area (Å²) in [5.74, 6) is -1.19. The van der Waals surface area contributed by atoms with Gasteiger partial charge in [0.05, 0.1) is 12.7 Å². The van der Waals surface area contributed by atoms with Gasteiger partial charge < -0.3 is 4.74 Å². The first-order valence-electron chi connectivity index (χ1n) is 5.72. The summed E-state index contributed by atoms with van der Waals surface area (Å²) in [4.78, 5) is 22.7. The summed E-state index contributed by atoms with van der Waals surface area (Å²) in [7, 11) is 1.20. The van der Waals surface area contributed by atoms with Gasteiger partial charge in [0.1, 0.15) is 0 Å². The van der Waals surface area contributed by atoms with E-state index < -0.39 is 29.1 Å². The van der Waals surface area contributed by atoms with Gasteiger partial charge in [-0.15, -0.1) is 0 Å². The number of Topliss-reactive ketones (excluding diaryl/α,β-unsaturated/α-hetero) is 1. The Labute approximate surface area is 118 Å². The van der Waals surface area contributed by atoms with Crippen molar-refractivity contribution in [2.24, 2.45) is 0 Å². The molecule has 0 unspecified atom stereocenters. The van der Waals surface area contributed by atoms with Crippen LogP contribution in [0.4, 0.5) is 13.2 Å². The minimum absolute atomic E-state index is 0.0167. The number of hydrogen-bond acceptors (Lipinski definition) is 3. The molecule has 0 bridgehead atoms. The van der Waals surface area contributed by atoms with E-state index in [2.05, 4.69) is 4.74 Å². The van der Waals surface area contributed by atoms with E-state index in [1.54, 1.807) is 0 Å². The second kappa shape index (κ2) is 6.74. The first-order chi connectivity index (χ1) is 9.25. The van der Waals surface area contributed by atoms with E-state index in [0.29, 0.717) is 0 Å². The molecule has 1 aromatic carbocycles. The summed E-state index contributed by atoms with van der Waals surface area (Å²) in [5.41, 5.74) is -1.50. The second-order valence-electron chi connectivity index (χ2n) is 4.04. The van der Waals surface area contributed by atoms with Crippen molar-refractivity contribution < 1.29 is 27.5 Å². The fourth-order valence-corrected chi connectivity index (χ4v) is 1.80. The fourth-order valence-electron chi connectivity index (χ4n) is 1.62. The SMILES string of the molecule is COC(=O)CCCC(=O)c1ccc(Cl)cc1C(F)(F)F. The predicted molar refractivity (Wildman–Crippen MR) is 66.7 cm³/mol. The van der Waals surface area contributed by atoms with Crippen molar-refractivity contribution >= 4 is 23.4 Å². The largest absolute Gasteiger partial charge is 0.469 e. The number of hydrogen-bond donors (Lipinski definition) is 0. The van der Waals surface area contributed by atoms with E-state index in [4.69, 9.17) is 11.6 Å². The molecule has 0 aliphatic heterocycles. The molecule has 20 heavy (non-hydrogen) atoms. The van der Waals surface area contributed by atoms with E-state index in [-0.39, 0.29) is 24.3 Å². The highest BCUT2D eigenvalue weighted by atomic mass is 35.5. The van der Waals surface area contributed by atoms with Gasteiger partial charge in [-0.05, 0) is 24.6 Å². The van der Waals surface area contributed by atoms with E-state index in [0.717, 1.165) is 12.1 Å². The van der Waals surface area contributed by atoms with Gasteiger partial charge in [-0.25, -0.2) is 0 Å². The molecule has 0 saturated carbocycles. The van der Waals surface area contributed by atoms with Crippen LogP contribution in [0, 0.1) is 0 Å². The topological polar surface area (TPSA) is 43.4 Å². The lowest BCUT2D eigenvalue weighted by molar-refractivity contribution is -0.141. The minimum atomic E-state index is -4.65. The normalized spacial score (nSPS) is 11.2. The number of benzene rings is 1. The minimum Gasteiger partial charge on any atom is -0.469 e. The van der Waals surface area contributed by atoms with Crippen molar-refractivity contribution in [3.05, 3.63) is 34.3 Å². The van der Waals surface area contributed by atoms with E-state index >= 15 is 0 Å². The van der Waals surface area contributed by atoms with Crippen LogP contribution in [0.1, 0.15) is 35.2 Å². The summed E-state index contributed by atoms with van der Waals surface area (Å²) in [5, 5.41) is -0.0940. The summed E-state index contributed by atoms with van der Waals surface area (Å²) >= 11 is 5.52. The number of alkyl halides is 3. The number of ketones is 1. The molecule has 3 nitrogen and oxygen atoms in total. The molecule has 1 rings (SSSR count). The third-order valence-electron chi connectivity index (χ3n) is 2.60. The quantitative estimate of drug-likeness (QED) is 0.612. The van der Waals surface area contributed by atoms with Gasteiger partial charge in [-0.2, -0.15) is 13.2 Å².